The Bertz CT molecular complexity index is 550. The van der Waals surface area contributed by atoms with Crippen molar-refractivity contribution in [1.82, 2.24) is 0 Å². The number of fused-ring (bicyclic) bond motifs is 1. The zero-order chi connectivity index (χ0) is 11.7. The molecule has 1 heterocycles. The van der Waals surface area contributed by atoms with Gasteiger partial charge in [0.05, 0.1) is 11.6 Å². The number of carbonyl (C=O) groups excluding carboxylic acids is 1. The molecule has 2 nitrogen and oxygen atoms in total. The van der Waals surface area contributed by atoms with Gasteiger partial charge in [-0.15, -0.1) is 11.3 Å². The van der Waals surface area contributed by atoms with Crippen molar-refractivity contribution >= 4 is 54.9 Å². The van der Waals surface area contributed by atoms with E-state index in [1.165, 1.54) is 11.3 Å². The highest BCUT2D eigenvalue weighted by molar-refractivity contribution is 9.10. The van der Waals surface area contributed by atoms with Crippen LogP contribution in [0.5, 0.6) is 0 Å². The van der Waals surface area contributed by atoms with Gasteiger partial charge < -0.3 is 4.74 Å². The second kappa shape index (κ2) is 4.73. The van der Waals surface area contributed by atoms with Gasteiger partial charge in [0.1, 0.15) is 4.88 Å². The van der Waals surface area contributed by atoms with Gasteiger partial charge in [-0.2, -0.15) is 0 Å². The Hall–Kier alpha value is -0.580. The van der Waals surface area contributed by atoms with E-state index in [9.17, 15) is 4.79 Å². The molecule has 0 spiro atoms. The molecule has 2 aromatic rings. The van der Waals surface area contributed by atoms with Crippen LogP contribution in [0, 0.1) is 0 Å². The van der Waals surface area contributed by atoms with Gasteiger partial charge in [-0.3, -0.25) is 0 Å². The highest BCUT2D eigenvalue weighted by Gasteiger charge is 2.13. The number of benzene rings is 1. The van der Waals surface area contributed by atoms with E-state index >= 15 is 0 Å². The van der Waals surface area contributed by atoms with Gasteiger partial charge in [0.2, 0.25) is 0 Å². The van der Waals surface area contributed by atoms with Crippen molar-refractivity contribution in [3.05, 3.63) is 32.6 Å². The number of hydrogen-bond donors (Lipinski definition) is 0. The second-order valence-corrected chi connectivity index (χ2v) is 5.39. The molecule has 0 fully saturated rings. The molecule has 0 amide bonds. The van der Waals surface area contributed by atoms with E-state index in [0.29, 0.717) is 16.5 Å². The maximum Gasteiger partial charge on any atom is 0.348 e. The normalized spacial score (nSPS) is 10.7. The smallest absolute Gasteiger partial charge is 0.348 e. The molecular weight excluding hydrogens is 312 g/mol. The molecular formula is C11H8BrClO2S. The van der Waals surface area contributed by atoms with Crippen molar-refractivity contribution < 1.29 is 9.53 Å². The van der Waals surface area contributed by atoms with E-state index in [0.717, 1.165) is 14.6 Å². The predicted octanol–water partition coefficient (Wildman–Crippen LogP) is 4.49. The lowest BCUT2D eigenvalue weighted by atomic mass is 10.2. The van der Waals surface area contributed by atoms with Crippen molar-refractivity contribution in [3.8, 4) is 0 Å². The first-order valence-electron chi connectivity index (χ1n) is 4.68. The summed E-state index contributed by atoms with van der Waals surface area (Å²) in [5, 5.41) is 1.58. The number of hydrogen-bond acceptors (Lipinski definition) is 3. The number of ether oxygens (including phenoxy) is 1. The third kappa shape index (κ3) is 2.10. The van der Waals surface area contributed by atoms with Crippen molar-refractivity contribution in [1.29, 1.82) is 0 Å². The number of thiophene rings is 1. The van der Waals surface area contributed by atoms with Crippen LogP contribution in [0.25, 0.3) is 10.1 Å². The number of esters is 1. The predicted molar refractivity (Wildman–Crippen MR) is 70.5 cm³/mol. The molecule has 16 heavy (non-hydrogen) atoms. The quantitative estimate of drug-likeness (QED) is 0.762. The summed E-state index contributed by atoms with van der Waals surface area (Å²) in [7, 11) is 0. The maximum absolute atomic E-state index is 11.6. The van der Waals surface area contributed by atoms with Gasteiger partial charge in [0.15, 0.2) is 0 Å². The number of rotatable bonds is 2. The molecule has 2 rings (SSSR count). The zero-order valence-corrected chi connectivity index (χ0v) is 11.6. The first-order valence-corrected chi connectivity index (χ1v) is 6.67. The molecule has 0 radical (unpaired) electrons. The fourth-order valence-corrected chi connectivity index (χ4v) is 3.07. The molecule has 1 aromatic heterocycles. The molecule has 0 N–H and O–H groups in total. The van der Waals surface area contributed by atoms with Crippen LogP contribution in [0.4, 0.5) is 0 Å². The lowest BCUT2D eigenvalue weighted by Gasteiger charge is -1.96. The summed E-state index contributed by atoms with van der Waals surface area (Å²) in [4.78, 5) is 12.1. The molecule has 5 heteroatoms. The summed E-state index contributed by atoms with van der Waals surface area (Å²) >= 11 is 10.8. The van der Waals surface area contributed by atoms with Crippen molar-refractivity contribution in [2.75, 3.05) is 6.61 Å². The summed E-state index contributed by atoms with van der Waals surface area (Å²) < 4.78 is 6.78. The molecule has 84 valence electrons. The van der Waals surface area contributed by atoms with Crippen molar-refractivity contribution in [3.63, 3.8) is 0 Å². The molecule has 0 aliphatic rings. The van der Waals surface area contributed by atoms with E-state index in [-0.39, 0.29) is 5.97 Å². The summed E-state index contributed by atoms with van der Waals surface area (Å²) in [6.45, 7) is 2.17. The fraction of sp³-hybridized carbons (Fsp3) is 0.182. The Morgan fingerprint density at radius 2 is 2.31 bits per heavy atom. The van der Waals surface area contributed by atoms with Crippen LogP contribution in [0.3, 0.4) is 0 Å². The molecule has 0 aliphatic carbocycles. The van der Waals surface area contributed by atoms with Gasteiger partial charge in [-0.05, 0) is 41.1 Å². The third-order valence-electron chi connectivity index (χ3n) is 2.06. The lowest BCUT2D eigenvalue weighted by Crippen LogP contribution is -2.01. The van der Waals surface area contributed by atoms with Gasteiger partial charge in [-0.1, -0.05) is 11.6 Å². The van der Waals surface area contributed by atoms with Crippen molar-refractivity contribution in [2.24, 2.45) is 0 Å². The Labute approximate surface area is 110 Å². The monoisotopic (exact) mass is 318 g/mol. The Kier molecular flexibility index (Phi) is 3.52. The summed E-state index contributed by atoms with van der Waals surface area (Å²) in [5.74, 6) is -0.285. The minimum atomic E-state index is -0.285. The van der Waals surface area contributed by atoms with E-state index in [4.69, 9.17) is 16.3 Å². The Balaban J connectivity index is 2.52. The van der Waals surface area contributed by atoms with Crippen LogP contribution < -0.4 is 0 Å². The molecule has 0 saturated carbocycles. The van der Waals surface area contributed by atoms with Gasteiger partial charge >= 0.3 is 5.97 Å². The summed E-state index contributed by atoms with van der Waals surface area (Å²) in [6.07, 6.45) is 0. The molecule has 0 aliphatic heterocycles. The molecule has 1 aromatic carbocycles. The summed E-state index contributed by atoms with van der Waals surface area (Å²) in [6, 6.07) is 5.50. The van der Waals surface area contributed by atoms with E-state index in [1.807, 2.05) is 6.07 Å². The van der Waals surface area contributed by atoms with Crippen LogP contribution >= 0.6 is 38.9 Å². The van der Waals surface area contributed by atoms with E-state index in [2.05, 4.69) is 15.9 Å². The minimum Gasteiger partial charge on any atom is -0.462 e. The lowest BCUT2D eigenvalue weighted by molar-refractivity contribution is 0.0532. The average molecular weight is 320 g/mol. The molecule has 0 saturated heterocycles. The van der Waals surface area contributed by atoms with Gasteiger partial charge in [-0.25, -0.2) is 4.79 Å². The van der Waals surface area contributed by atoms with Gasteiger partial charge in [0.25, 0.3) is 0 Å². The standard InChI is InChI=1S/C11H8BrClO2S/c1-2-15-11(14)9-5-6-8(16-9)4-3-7(13)10(6)12/h3-5H,2H2,1H3. The first-order chi connectivity index (χ1) is 7.63. The summed E-state index contributed by atoms with van der Waals surface area (Å²) in [5.41, 5.74) is 0. The largest absolute Gasteiger partial charge is 0.462 e. The highest BCUT2D eigenvalue weighted by atomic mass is 79.9. The molecule has 0 unspecified atom stereocenters. The highest BCUT2D eigenvalue weighted by Crippen LogP contribution is 2.36. The zero-order valence-electron chi connectivity index (χ0n) is 8.42. The van der Waals surface area contributed by atoms with E-state index < -0.39 is 0 Å². The maximum atomic E-state index is 11.6. The third-order valence-corrected chi connectivity index (χ3v) is 4.54. The number of carbonyl (C=O) groups is 1. The molecule has 0 atom stereocenters. The van der Waals surface area contributed by atoms with Crippen LogP contribution in [0.1, 0.15) is 16.6 Å². The molecule has 0 bridgehead atoms. The number of halogens is 2. The van der Waals surface area contributed by atoms with Gasteiger partial charge in [0, 0.05) is 14.6 Å². The Morgan fingerprint density at radius 3 is 3.00 bits per heavy atom. The fourth-order valence-electron chi connectivity index (χ4n) is 1.35. The Morgan fingerprint density at radius 1 is 1.56 bits per heavy atom. The first kappa shape index (κ1) is 11.9. The topological polar surface area (TPSA) is 26.3 Å². The van der Waals surface area contributed by atoms with Crippen LogP contribution in [0.2, 0.25) is 5.02 Å². The van der Waals surface area contributed by atoms with Crippen LogP contribution in [-0.2, 0) is 4.74 Å². The van der Waals surface area contributed by atoms with Crippen LogP contribution in [0.15, 0.2) is 22.7 Å². The van der Waals surface area contributed by atoms with E-state index in [1.54, 1.807) is 19.1 Å². The average Bonchev–Trinajstić information content (AvgIpc) is 2.69. The minimum absolute atomic E-state index is 0.285. The van der Waals surface area contributed by atoms with Crippen molar-refractivity contribution in [2.45, 2.75) is 6.92 Å². The second-order valence-electron chi connectivity index (χ2n) is 3.10. The van der Waals surface area contributed by atoms with Crippen LogP contribution in [-0.4, -0.2) is 12.6 Å². The SMILES string of the molecule is CCOC(=O)c1cc2c(Br)c(Cl)ccc2s1.